The Morgan fingerprint density at radius 3 is 2.13 bits per heavy atom. The van der Waals surface area contributed by atoms with Crippen molar-refractivity contribution in [3.05, 3.63) is 98.6 Å². The van der Waals surface area contributed by atoms with E-state index >= 15 is 0 Å². The van der Waals surface area contributed by atoms with Gasteiger partial charge in [-0.25, -0.2) is 0 Å². The zero-order valence-electron chi connectivity index (χ0n) is 15.8. The topological polar surface area (TPSA) is 127 Å². The fourth-order valence-corrected chi connectivity index (χ4v) is 2.81. The first-order valence-electron chi connectivity index (χ1n) is 9.06. The zero-order valence-corrected chi connectivity index (χ0v) is 15.8. The second kappa shape index (κ2) is 9.28. The standard InChI is InChI=1S/C21H18N4O5/c26-21(13-6-15-4-2-1-3-5-15)23-17-9-7-16(8-10-17)22-19-12-11-18(24(27)28)14-20(19)25(29)30/h1-5,7-12,14,22H,6,13H2,(H,23,26). The Bertz CT molecular complexity index is 1070. The monoisotopic (exact) mass is 406 g/mol. The van der Waals surface area contributed by atoms with E-state index in [0.717, 1.165) is 11.6 Å². The highest BCUT2D eigenvalue weighted by atomic mass is 16.6. The highest BCUT2D eigenvalue weighted by Gasteiger charge is 2.19. The van der Waals surface area contributed by atoms with Gasteiger partial charge >= 0.3 is 0 Å². The van der Waals surface area contributed by atoms with Crippen LogP contribution in [0.2, 0.25) is 0 Å². The van der Waals surface area contributed by atoms with Gasteiger partial charge < -0.3 is 10.6 Å². The molecule has 0 aliphatic rings. The summed E-state index contributed by atoms with van der Waals surface area (Å²) in [5.41, 5.74) is 1.58. The maximum absolute atomic E-state index is 12.1. The van der Waals surface area contributed by atoms with Crippen LogP contribution in [0.1, 0.15) is 12.0 Å². The Balaban J connectivity index is 1.62. The lowest BCUT2D eigenvalue weighted by Crippen LogP contribution is -2.12. The van der Waals surface area contributed by atoms with Crippen LogP contribution in [0.5, 0.6) is 0 Å². The lowest BCUT2D eigenvalue weighted by Gasteiger charge is -2.09. The molecule has 0 atom stereocenters. The summed E-state index contributed by atoms with van der Waals surface area (Å²) in [5, 5.41) is 27.7. The Kier molecular flexibility index (Phi) is 6.33. The van der Waals surface area contributed by atoms with Gasteiger partial charge in [0, 0.05) is 23.9 Å². The quantitative estimate of drug-likeness (QED) is 0.408. The molecular weight excluding hydrogens is 388 g/mol. The Morgan fingerprint density at radius 2 is 1.50 bits per heavy atom. The van der Waals surface area contributed by atoms with E-state index in [1.807, 2.05) is 30.3 Å². The van der Waals surface area contributed by atoms with Crippen LogP contribution in [0.25, 0.3) is 0 Å². The first-order valence-corrected chi connectivity index (χ1v) is 9.06. The lowest BCUT2D eigenvalue weighted by molar-refractivity contribution is -0.393. The normalized spacial score (nSPS) is 10.3. The number of rotatable bonds is 8. The van der Waals surface area contributed by atoms with Crippen molar-refractivity contribution in [2.45, 2.75) is 12.8 Å². The molecule has 0 fully saturated rings. The summed E-state index contributed by atoms with van der Waals surface area (Å²) in [5.74, 6) is -0.120. The number of nitrogens with zero attached hydrogens (tertiary/aromatic N) is 2. The van der Waals surface area contributed by atoms with E-state index in [1.165, 1.54) is 12.1 Å². The van der Waals surface area contributed by atoms with Crippen LogP contribution in [0.3, 0.4) is 0 Å². The predicted molar refractivity (Wildman–Crippen MR) is 113 cm³/mol. The van der Waals surface area contributed by atoms with Crippen LogP contribution in [0.15, 0.2) is 72.8 Å². The van der Waals surface area contributed by atoms with Gasteiger partial charge in [0.25, 0.3) is 11.4 Å². The molecular formula is C21H18N4O5. The van der Waals surface area contributed by atoms with Crippen molar-refractivity contribution < 1.29 is 14.6 Å². The second-order valence-electron chi connectivity index (χ2n) is 6.45. The zero-order chi connectivity index (χ0) is 21.5. The summed E-state index contributed by atoms with van der Waals surface area (Å²) in [6.45, 7) is 0. The minimum Gasteiger partial charge on any atom is -0.350 e. The van der Waals surface area contributed by atoms with E-state index in [4.69, 9.17) is 0 Å². The molecule has 1 amide bonds. The lowest BCUT2D eigenvalue weighted by atomic mass is 10.1. The van der Waals surface area contributed by atoms with Crippen LogP contribution < -0.4 is 10.6 Å². The second-order valence-corrected chi connectivity index (χ2v) is 6.45. The summed E-state index contributed by atoms with van der Waals surface area (Å²) in [6.07, 6.45) is 0.981. The Morgan fingerprint density at radius 1 is 0.833 bits per heavy atom. The van der Waals surface area contributed by atoms with Gasteiger partial charge in [0.05, 0.1) is 15.9 Å². The minimum absolute atomic E-state index is 0.120. The van der Waals surface area contributed by atoms with Crippen LogP contribution in [0, 0.1) is 20.2 Å². The Hall–Kier alpha value is -4.27. The number of carbonyl (C=O) groups excluding carboxylic acids is 1. The van der Waals surface area contributed by atoms with Gasteiger partial charge in [-0.05, 0) is 42.3 Å². The molecule has 2 N–H and O–H groups in total. The predicted octanol–water partition coefficient (Wildman–Crippen LogP) is 4.82. The maximum Gasteiger partial charge on any atom is 0.299 e. The average Bonchev–Trinajstić information content (AvgIpc) is 2.74. The summed E-state index contributed by atoms with van der Waals surface area (Å²) >= 11 is 0. The molecule has 0 spiro atoms. The third kappa shape index (κ3) is 5.38. The van der Waals surface area contributed by atoms with Crippen molar-refractivity contribution >= 4 is 34.3 Å². The molecule has 0 saturated carbocycles. The van der Waals surface area contributed by atoms with E-state index in [9.17, 15) is 25.0 Å². The first kappa shape index (κ1) is 20.5. The number of anilines is 3. The molecule has 9 heteroatoms. The summed E-state index contributed by atoms with van der Waals surface area (Å²) < 4.78 is 0. The molecule has 0 aromatic heterocycles. The van der Waals surface area contributed by atoms with Crippen molar-refractivity contribution in [3.63, 3.8) is 0 Å². The van der Waals surface area contributed by atoms with E-state index in [1.54, 1.807) is 24.3 Å². The van der Waals surface area contributed by atoms with Crippen LogP contribution in [0.4, 0.5) is 28.4 Å². The number of nitro groups is 2. The molecule has 0 aliphatic carbocycles. The molecule has 3 aromatic carbocycles. The number of hydrogen-bond donors (Lipinski definition) is 2. The molecule has 0 saturated heterocycles. The van der Waals surface area contributed by atoms with Gasteiger partial charge in [0.1, 0.15) is 5.69 Å². The average molecular weight is 406 g/mol. The fraction of sp³-hybridized carbons (Fsp3) is 0.0952. The van der Waals surface area contributed by atoms with E-state index < -0.39 is 15.5 Å². The molecule has 0 heterocycles. The molecule has 30 heavy (non-hydrogen) atoms. The third-order valence-corrected chi connectivity index (χ3v) is 4.32. The molecule has 3 rings (SSSR count). The third-order valence-electron chi connectivity index (χ3n) is 4.32. The SMILES string of the molecule is O=C(CCc1ccccc1)Nc1ccc(Nc2ccc([N+](=O)[O-])cc2[N+](=O)[O-])cc1. The van der Waals surface area contributed by atoms with Crippen molar-refractivity contribution in [3.8, 4) is 0 Å². The highest BCUT2D eigenvalue weighted by molar-refractivity contribution is 5.91. The molecule has 0 bridgehead atoms. The summed E-state index contributed by atoms with van der Waals surface area (Å²) in [4.78, 5) is 32.8. The minimum atomic E-state index is -0.688. The Labute approximate surface area is 171 Å². The number of aryl methyl sites for hydroxylation is 1. The molecule has 9 nitrogen and oxygen atoms in total. The summed E-state index contributed by atoms with van der Waals surface area (Å²) in [6, 6.07) is 19.7. The van der Waals surface area contributed by atoms with Crippen molar-refractivity contribution in [2.24, 2.45) is 0 Å². The number of benzene rings is 3. The van der Waals surface area contributed by atoms with Gasteiger partial charge in [-0.3, -0.25) is 25.0 Å². The number of nitrogens with one attached hydrogen (secondary N) is 2. The molecule has 0 radical (unpaired) electrons. The van der Waals surface area contributed by atoms with Gasteiger partial charge in [0.2, 0.25) is 5.91 Å². The maximum atomic E-state index is 12.1. The fourth-order valence-electron chi connectivity index (χ4n) is 2.81. The van der Waals surface area contributed by atoms with E-state index in [2.05, 4.69) is 10.6 Å². The van der Waals surface area contributed by atoms with E-state index in [-0.39, 0.29) is 17.3 Å². The molecule has 3 aromatic rings. The molecule has 0 aliphatic heterocycles. The highest BCUT2D eigenvalue weighted by Crippen LogP contribution is 2.31. The number of amides is 1. The molecule has 152 valence electrons. The van der Waals surface area contributed by atoms with Gasteiger partial charge in [-0.2, -0.15) is 0 Å². The number of carbonyl (C=O) groups is 1. The number of hydrogen-bond acceptors (Lipinski definition) is 6. The van der Waals surface area contributed by atoms with Gasteiger partial charge in [0.15, 0.2) is 0 Å². The van der Waals surface area contributed by atoms with Crippen molar-refractivity contribution in [2.75, 3.05) is 10.6 Å². The van der Waals surface area contributed by atoms with E-state index in [0.29, 0.717) is 24.2 Å². The largest absolute Gasteiger partial charge is 0.350 e. The van der Waals surface area contributed by atoms with Gasteiger partial charge in [-0.15, -0.1) is 0 Å². The van der Waals surface area contributed by atoms with Crippen molar-refractivity contribution in [1.82, 2.24) is 0 Å². The van der Waals surface area contributed by atoms with Crippen molar-refractivity contribution in [1.29, 1.82) is 0 Å². The van der Waals surface area contributed by atoms with Gasteiger partial charge in [-0.1, -0.05) is 30.3 Å². The summed E-state index contributed by atoms with van der Waals surface area (Å²) in [7, 11) is 0. The van der Waals surface area contributed by atoms with Crippen LogP contribution in [-0.4, -0.2) is 15.8 Å². The van der Waals surface area contributed by atoms with Crippen LogP contribution >= 0.6 is 0 Å². The van der Waals surface area contributed by atoms with Crippen LogP contribution in [-0.2, 0) is 11.2 Å². The smallest absolute Gasteiger partial charge is 0.299 e. The first-order chi connectivity index (χ1) is 14.4. The molecule has 0 unspecified atom stereocenters. The number of non-ortho nitro benzene ring substituents is 1. The number of nitro benzene ring substituents is 2.